The fourth-order valence-corrected chi connectivity index (χ4v) is 2.60. The average molecular weight is 279 g/mol. The molecule has 0 bridgehead atoms. The lowest BCUT2D eigenvalue weighted by atomic mass is 10.0. The maximum Gasteiger partial charge on any atom is 0.0705 e. The van der Waals surface area contributed by atoms with Gasteiger partial charge in [-0.15, -0.1) is 0 Å². The van der Waals surface area contributed by atoms with Crippen LogP contribution in [0, 0.1) is 0 Å². The molecule has 21 heavy (non-hydrogen) atoms. The van der Waals surface area contributed by atoms with Gasteiger partial charge in [0, 0.05) is 23.7 Å². The minimum Gasteiger partial charge on any atom is -0.265 e. The monoisotopic (exact) mass is 279 g/mol. The van der Waals surface area contributed by atoms with Crippen LogP contribution in [-0.2, 0) is 6.54 Å². The second kappa shape index (κ2) is 5.68. The minimum absolute atomic E-state index is 0.516. The second-order valence-corrected chi connectivity index (χ2v) is 5.77. The van der Waals surface area contributed by atoms with Gasteiger partial charge < -0.3 is 0 Å². The third-order valence-electron chi connectivity index (χ3n) is 3.82. The fraction of sp³-hybridized carbons (Fsp3) is 0.333. The zero-order chi connectivity index (χ0) is 14.8. The SMILES string of the molecule is CCCn1ncc2cc(-c3cc(C(C)C)ccn3)ccc21. The van der Waals surface area contributed by atoms with Gasteiger partial charge in [-0.2, -0.15) is 5.10 Å². The van der Waals surface area contributed by atoms with Crippen molar-refractivity contribution in [3.63, 3.8) is 0 Å². The molecular weight excluding hydrogens is 258 g/mol. The zero-order valence-electron chi connectivity index (χ0n) is 12.9. The third-order valence-corrected chi connectivity index (χ3v) is 3.82. The van der Waals surface area contributed by atoms with Crippen LogP contribution >= 0.6 is 0 Å². The van der Waals surface area contributed by atoms with Crippen LogP contribution < -0.4 is 0 Å². The van der Waals surface area contributed by atoms with Gasteiger partial charge in [0.05, 0.1) is 17.4 Å². The van der Waals surface area contributed by atoms with E-state index >= 15 is 0 Å². The summed E-state index contributed by atoms with van der Waals surface area (Å²) in [6, 6.07) is 10.7. The topological polar surface area (TPSA) is 30.7 Å². The Kier molecular flexibility index (Phi) is 3.74. The first-order valence-corrected chi connectivity index (χ1v) is 7.61. The number of aromatic nitrogens is 3. The minimum atomic E-state index is 0.516. The Morgan fingerprint density at radius 1 is 1.14 bits per heavy atom. The molecule has 108 valence electrons. The van der Waals surface area contributed by atoms with Gasteiger partial charge in [-0.25, -0.2) is 0 Å². The number of aryl methyl sites for hydroxylation is 1. The van der Waals surface area contributed by atoms with Gasteiger partial charge >= 0.3 is 0 Å². The van der Waals surface area contributed by atoms with Crippen molar-refractivity contribution in [3.8, 4) is 11.3 Å². The summed E-state index contributed by atoms with van der Waals surface area (Å²) < 4.78 is 2.07. The molecule has 0 unspecified atom stereocenters. The summed E-state index contributed by atoms with van der Waals surface area (Å²) in [6.45, 7) is 7.54. The molecule has 2 heterocycles. The molecule has 0 aliphatic rings. The van der Waals surface area contributed by atoms with Gasteiger partial charge in [-0.1, -0.05) is 26.8 Å². The molecule has 0 spiro atoms. The first kappa shape index (κ1) is 13.8. The highest BCUT2D eigenvalue weighted by Crippen LogP contribution is 2.25. The molecule has 3 aromatic rings. The molecule has 0 fully saturated rings. The van der Waals surface area contributed by atoms with E-state index in [-0.39, 0.29) is 0 Å². The van der Waals surface area contributed by atoms with Crippen molar-refractivity contribution in [2.45, 2.75) is 39.7 Å². The Hall–Kier alpha value is -2.16. The van der Waals surface area contributed by atoms with Crippen LogP contribution in [0.5, 0.6) is 0 Å². The average Bonchev–Trinajstić information content (AvgIpc) is 2.90. The van der Waals surface area contributed by atoms with E-state index in [1.54, 1.807) is 0 Å². The van der Waals surface area contributed by atoms with E-state index in [1.165, 1.54) is 16.5 Å². The van der Waals surface area contributed by atoms with Crippen molar-refractivity contribution in [3.05, 3.63) is 48.3 Å². The maximum absolute atomic E-state index is 4.51. The van der Waals surface area contributed by atoms with Crippen molar-refractivity contribution in [2.24, 2.45) is 0 Å². The van der Waals surface area contributed by atoms with Gasteiger partial charge in [-0.3, -0.25) is 9.67 Å². The quantitative estimate of drug-likeness (QED) is 0.697. The smallest absolute Gasteiger partial charge is 0.0705 e. The summed E-state index contributed by atoms with van der Waals surface area (Å²) in [5, 5.41) is 5.64. The highest BCUT2D eigenvalue weighted by molar-refractivity contribution is 5.84. The van der Waals surface area contributed by atoms with Crippen LogP contribution in [-0.4, -0.2) is 14.8 Å². The van der Waals surface area contributed by atoms with Crippen LogP contribution in [0.2, 0.25) is 0 Å². The Balaban J connectivity index is 2.03. The Morgan fingerprint density at radius 2 is 2.00 bits per heavy atom. The maximum atomic E-state index is 4.51. The van der Waals surface area contributed by atoms with Gasteiger partial charge in [0.2, 0.25) is 0 Å². The van der Waals surface area contributed by atoms with Gasteiger partial charge in [0.15, 0.2) is 0 Å². The van der Waals surface area contributed by atoms with Crippen molar-refractivity contribution in [2.75, 3.05) is 0 Å². The summed E-state index contributed by atoms with van der Waals surface area (Å²) >= 11 is 0. The highest BCUT2D eigenvalue weighted by Gasteiger charge is 2.07. The van der Waals surface area contributed by atoms with Gasteiger partial charge in [-0.05, 0) is 42.2 Å². The van der Waals surface area contributed by atoms with E-state index in [1.807, 2.05) is 12.4 Å². The van der Waals surface area contributed by atoms with Crippen LogP contribution in [0.4, 0.5) is 0 Å². The first-order valence-electron chi connectivity index (χ1n) is 7.61. The number of hydrogen-bond acceptors (Lipinski definition) is 2. The molecule has 0 aliphatic carbocycles. The highest BCUT2D eigenvalue weighted by atomic mass is 15.3. The number of fused-ring (bicyclic) bond motifs is 1. The second-order valence-electron chi connectivity index (χ2n) is 5.77. The predicted octanol–water partition coefficient (Wildman–Crippen LogP) is 4.63. The Morgan fingerprint density at radius 3 is 2.76 bits per heavy atom. The molecule has 0 saturated heterocycles. The zero-order valence-corrected chi connectivity index (χ0v) is 12.9. The van der Waals surface area contributed by atoms with Crippen molar-refractivity contribution in [1.82, 2.24) is 14.8 Å². The number of hydrogen-bond donors (Lipinski definition) is 0. The summed E-state index contributed by atoms with van der Waals surface area (Å²) in [7, 11) is 0. The van der Waals surface area contributed by atoms with E-state index < -0.39 is 0 Å². The molecule has 0 aliphatic heterocycles. The van der Waals surface area contributed by atoms with Crippen molar-refractivity contribution < 1.29 is 0 Å². The molecule has 2 aromatic heterocycles. The lowest BCUT2D eigenvalue weighted by Crippen LogP contribution is -1.97. The number of nitrogens with zero attached hydrogens (tertiary/aromatic N) is 3. The molecule has 1 aromatic carbocycles. The van der Waals surface area contributed by atoms with E-state index in [4.69, 9.17) is 0 Å². The Bertz CT molecular complexity index is 756. The van der Waals surface area contributed by atoms with Crippen molar-refractivity contribution in [1.29, 1.82) is 0 Å². The van der Waals surface area contributed by atoms with Crippen LogP contribution in [0.3, 0.4) is 0 Å². The van der Waals surface area contributed by atoms with E-state index in [0.29, 0.717) is 5.92 Å². The van der Waals surface area contributed by atoms with Crippen LogP contribution in [0.1, 0.15) is 38.7 Å². The normalized spacial score (nSPS) is 11.4. The van der Waals surface area contributed by atoms with Crippen LogP contribution in [0.15, 0.2) is 42.7 Å². The van der Waals surface area contributed by atoms with Gasteiger partial charge in [0.1, 0.15) is 0 Å². The summed E-state index contributed by atoms with van der Waals surface area (Å²) in [6.07, 6.45) is 4.94. The molecular formula is C18H21N3. The van der Waals surface area contributed by atoms with Crippen LogP contribution in [0.25, 0.3) is 22.2 Å². The summed E-state index contributed by atoms with van der Waals surface area (Å²) in [4.78, 5) is 4.51. The Labute approximate surface area is 125 Å². The number of benzene rings is 1. The summed E-state index contributed by atoms with van der Waals surface area (Å²) in [5.74, 6) is 0.516. The summed E-state index contributed by atoms with van der Waals surface area (Å²) in [5.41, 5.74) is 4.70. The molecule has 3 nitrogen and oxygen atoms in total. The van der Waals surface area contributed by atoms with Gasteiger partial charge in [0.25, 0.3) is 0 Å². The molecule has 0 saturated carbocycles. The molecule has 0 N–H and O–H groups in total. The first-order chi connectivity index (χ1) is 10.2. The largest absolute Gasteiger partial charge is 0.265 e. The van der Waals surface area contributed by atoms with E-state index in [9.17, 15) is 0 Å². The molecule has 3 heteroatoms. The fourth-order valence-electron chi connectivity index (χ4n) is 2.60. The molecule has 0 atom stereocenters. The van der Waals surface area contributed by atoms with E-state index in [0.717, 1.165) is 24.2 Å². The van der Waals surface area contributed by atoms with E-state index in [2.05, 4.69) is 65.9 Å². The molecule has 0 amide bonds. The number of pyridine rings is 1. The predicted molar refractivity (Wildman–Crippen MR) is 87.3 cm³/mol. The molecule has 0 radical (unpaired) electrons. The van der Waals surface area contributed by atoms with Crippen molar-refractivity contribution >= 4 is 10.9 Å². The standard InChI is InChI=1S/C18H21N3/c1-4-9-21-18-6-5-15(10-16(18)12-20-21)17-11-14(13(2)3)7-8-19-17/h5-8,10-13H,4,9H2,1-3H3. The number of rotatable bonds is 4. The lowest BCUT2D eigenvalue weighted by molar-refractivity contribution is 0.622. The molecule has 3 rings (SSSR count). The third kappa shape index (κ3) is 2.68. The lowest BCUT2D eigenvalue weighted by Gasteiger charge is -2.08.